The smallest absolute Gasteiger partial charge is 0.127 e. The summed E-state index contributed by atoms with van der Waals surface area (Å²) in [6.45, 7) is 3.97. The zero-order valence-corrected chi connectivity index (χ0v) is 8.87. The Morgan fingerprint density at radius 1 is 1.50 bits per heavy atom. The maximum absolute atomic E-state index is 9.29. The molecule has 14 heavy (non-hydrogen) atoms. The van der Waals surface area contributed by atoms with Crippen molar-refractivity contribution in [3.63, 3.8) is 0 Å². The largest absolute Gasteiger partial charge is 0.508 e. The van der Waals surface area contributed by atoms with Crippen LogP contribution in [0.15, 0.2) is 18.2 Å². The van der Waals surface area contributed by atoms with E-state index in [1.165, 1.54) is 0 Å². The zero-order valence-electron chi connectivity index (χ0n) is 8.87. The SMILES string of the molecule is CCC(C)(N)c1ccc(O)cc1OC. The van der Waals surface area contributed by atoms with Crippen LogP contribution in [0.4, 0.5) is 0 Å². The van der Waals surface area contributed by atoms with Gasteiger partial charge in [-0.3, -0.25) is 0 Å². The molecular weight excluding hydrogens is 178 g/mol. The number of aromatic hydroxyl groups is 1. The minimum atomic E-state index is -0.418. The van der Waals surface area contributed by atoms with Crippen LogP contribution >= 0.6 is 0 Å². The van der Waals surface area contributed by atoms with Crippen molar-refractivity contribution >= 4 is 0 Å². The summed E-state index contributed by atoms with van der Waals surface area (Å²) < 4.78 is 5.17. The van der Waals surface area contributed by atoms with Crippen LogP contribution in [0.25, 0.3) is 0 Å². The Balaban J connectivity index is 3.20. The third-order valence-electron chi connectivity index (χ3n) is 2.53. The van der Waals surface area contributed by atoms with Crippen LogP contribution in [0, 0.1) is 0 Å². The second-order valence-corrected chi connectivity index (χ2v) is 3.66. The van der Waals surface area contributed by atoms with Crippen molar-refractivity contribution in [1.29, 1.82) is 0 Å². The van der Waals surface area contributed by atoms with E-state index in [2.05, 4.69) is 0 Å². The van der Waals surface area contributed by atoms with Gasteiger partial charge in [-0.15, -0.1) is 0 Å². The van der Waals surface area contributed by atoms with Gasteiger partial charge in [-0.2, -0.15) is 0 Å². The van der Waals surface area contributed by atoms with E-state index in [0.29, 0.717) is 5.75 Å². The average molecular weight is 195 g/mol. The molecule has 0 aliphatic carbocycles. The third-order valence-corrected chi connectivity index (χ3v) is 2.53. The van der Waals surface area contributed by atoms with Gasteiger partial charge < -0.3 is 15.6 Å². The quantitative estimate of drug-likeness (QED) is 0.775. The van der Waals surface area contributed by atoms with E-state index < -0.39 is 5.54 Å². The molecule has 1 aromatic rings. The van der Waals surface area contributed by atoms with Gasteiger partial charge in [-0.05, 0) is 25.5 Å². The first-order valence-corrected chi connectivity index (χ1v) is 4.67. The number of hydrogen-bond donors (Lipinski definition) is 2. The Morgan fingerprint density at radius 2 is 2.14 bits per heavy atom. The van der Waals surface area contributed by atoms with Gasteiger partial charge in [-0.1, -0.05) is 6.92 Å². The van der Waals surface area contributed by atoms with E-state index in [0.717, 1.165) is 12.0 Å². The van der Waals surface area contributed by atoms with Gasteiger partial charge in [0, 0.05) is 17.2 Å². The highest BCUT2D eigenvalue weighted by Crippen LogP contribution is 2.32. The first-order chi connectivity index (χ1) is 6.51. The molecule has 0 aliphatic heterocycles. The van der Waals surface area contributed by atoms with Crippen molar-refractivity contribution in [2.45, 2.75) is 25.8 Å². The van der Waals surface area contributed by atoms with Crippen LogP contribution in [-0.4, -0.2) is 12.2 Å². The highest BCUT2D eigenvalue weighted by Gasteiger charge is 2.22. The van der Waals surface area contributed by atoms with Crippen molar-refractivity contribution in [3.05, 3.63) is 23.8 Å². The highest BCUT2D eigenvalue weighted by molar-refractivity contribution is 5.43. The molecule has 78 valence electrons. The summed E-state index contributed by atoms with van der Waals surface area (Å²) in [4.78, 5) is 0. The van der Waals surface area contributed by atoms with Crippen LogP contribution in [0.1, 0.15) is 25.8 Å². The lowest BCUT2D eigenvalue weighted by Crippen LogP contribution is -2.32. The molecule has 0 saturated heterocycles. The maximum Gasteiger partial charge on any atom is 0.127 e. The van der Waals surface area contributed by atoms with Gasteiger partial charge in [0.1, 0.15) is 11.5 Å². The number of hydrogen-bond acceptors (Lipinski definition) is 3. The molecule has 0 fully saturated rings. The van der Waals surface area contributed by atoms with Crippen molar-refractivity contribution in [1.82, 2.24) is 0 Å². The minimum absolute atomic E-state index is 0.192. The normalized spacial score (nSPS) is 14.9. The molecule has 3 nitrogen and oxygen atoms in total. The fourth-order valence-corrected chi connectivity index (χ4v) is 1.34. The molecule has 0 saturated carbocycles. The molecular formula is C11H17NO2. The fourth-order valence-electron chi connectivity index (χ4n) is 1.34. The van der Waals surface area contributed by atoms with Gasteiger partial charge in [-0.25, -0.2) is 0 Å². The first kappa shape index (κ1) is 10.9. The molecule has 0 amide bonds. The molecule has 1 unspecified atom stereocenters. The Morgan fingerprint density at radius 3 is 2.64 bits per heavy atom. The Hall–Kier alpha value is -1.22. The number of rotatable bonds is 3. The number of methoxy groups -OCH3 is 1. The second kappa shape index (κ2) is 3.88. The summed E-state index contributed by atoms with van der Waals surface area (Å²) >= 11 is 0. The van der Waals surface area contributed by atoms with Crippen LogP contribution < -0.4 is 10.5 Å². The van der Waals surface area contributed by atoms with Crippen LogP contribution in [0.3, 0.4) is 0 Å². The van der Waals surface area contributed by atoms with Crippen molar-refractivity contribution in [2.75, 3.05) is 7.11 Å². The van der Waals surface area contributed by atoms with Crippen LogP contribution in [0.5, 0.6) is 11.5 Å². The molecule has 0 radical (unpaired) electrons. The fraction of sp³-hybridized carbons (Fsp3) is 0.455. The topological polar surface area (TPSA) is 55.5 Å². The first-order valence-electron chi connectivity index (χ1n) is 4.67. The van der Waals surface area contributed by atoms with Gasteiger partial charge in [0.05, 0.1) is 7.11 Å². The summed E-state index contributed by atoms with van der Waals surface area (Å²) in [5.41, 5.74) is 6.60. The third kappa shape index (κ3) is 1.99. The van der Waals surface area contributed by atoms with Crippen molar-refractivity contribution < 1.29 is 9.84 Å². The van der Waals surface area contributed by atoms with E-state index in [1.807, 2.05) is 13.8 Å². The van der Waals surface area contributed by atoms with Gasteiger partial charge in [0.25, 0.3) is 0 Å². The summed E-state index contributed by atoms with van der Waals surface area (Å²) in [6, 6.07) is 5.01. The maximum atomic E-state index is 9.29. The van der Waals surface area contributed by atoms with E-state index in [9.17, 15) is 5.11 Å². The van der Waals surface area contributed by atoms with Gasteiger partial charge in [0.15, 0.2) is 0 Å². The van der Waals surface area contributed by atoms with E-state index >= 15 is 0 Å². The Labute approximate surface area is 84.5 Å². The number of ether oxygens (including phenoxy) is 1. The highest BCUT2D eigenvalue weighted by atomic mass is 16.5. The molecule has 3 N–H and O–H groups in total. The number of phenols is 1. The van der Waals surface area contributed by atoms with E-state index in [1.54, 1.807) is 25.3 Å². The van der Waals surface area contributed by atoms with E-state index in [4.69, 9.17) is 10.5 Å². The van der Waals surface area contributed by atoms with E-state index in [-0.39, 0.29) is 5.75 Å². The number of benzene rings is 1. The van der Waals surface area contributed by atoms with Crippen molar-refractivity contribution in [3.8, 4) is 11.5 Å². The molecule has 0 heterocycles. The number of nitrogens with two attached hydrogens (primary N) is 1. The van der Waals surface area contributed by atoms with Crippen molar-refractivity contribution in [2.24, 2.45) is 5.73 Å². The summed E-state index contributed by atoms with van der Waals surface area (Å²) in [5.74, 6) is 0.828. The van der Waals surface area contributed by atoms with Crippen LogP contribution in [-0.2, 0) is 5.54 Å². The molecule has 0 spiro atoms. The Bertz CT molecular complexity index is 321. The summed E-state index contributed by atoms with van der Waals surface area (Å²) in [7, 11) is 1.57. The average Bonchev–Trinajstić information content (AvgIpc) is 2.17. The molecule has 0 aromatic heterocycles. The second-order valence-electron chi connectivity index (χ2n) is 3.66. The summed E-state index contributed by atoms with van der Waals surface area (Å²) in [6.07, 6.45) is 0.814. The van der Waals surface area contributed by atoms with Gasteiger partial charge >= 0.3 is 0 Å². The summed E-state index contributed by atoms with van der Waals surface area (Å²) in [5, 5.41) is 9.29. The molecule has 3 heteroatoms. The predicted molar refractivity (Wildman–Crippen MR) is 56.5 cm³/mol. The molecule has 0 aliphatic rings. The van der Waals surface area contributed by atoms with Crippen LogP contribution in [0.2, 0.25) is 0 Å². The monoisotopic (exact) mass is 195 g/mol. The number of phenolic OH excluding ortho intramolecular Hbond substituents is 1. The Kier molecular flexibility index (Phi) is 3.01. The molecule has 0 bridgehead atoms. The minimum Gasteiger partial charge on any atom is -0.508 e. The molecule has 1 atom stereocenters. The zero-order chi connectivity index (χ0) is 10.8. The lowest BCUT2D eigenvalue weighted by molar-refractivity contribution is 0.378. The lowest BCUT2D eigenvalue weighted by Gasteiger charge is -2.25. The van der Waals surface area contributed by atoms with Gasteiger partial charge in [0.2, 0.25) is 0 Å². The lowest BCUT2D eigenvalue weighted by atomic mass is 9.90. The predicted octanol–water partition coefficient (Wildman–Crippen LogP) is 1.98. The molecule has 1 aromatic carbocycles. The molecule has 1 rings (SSSR count). The standard InChI is InChI=1S/C11H17NO2/c1-4-11(2,12)9-6-5-8(13)7-10(9)14-3/h5-7,13H,4,12H2,1-3H3.